The number of aromatic nitrogens is 2. The van der Waals surface area contributed by atoms with Crippen LogP contribution in [0.25, 0.3) is 11.4 Å². The molecule has 0 radical (unpaired) electrons. The molecule has 1 fully saturated rings. The molecule has 1 aliphatic heterocycles. The zero-order valence-electron chi connectivity index (χ0n) is 17.1. The van der Waals surface area contributed by atoms with Crippen LogP contribution in [0.2, 0.25) is 0 Å². The number of nitrogens with zero attached hydrogens (tertiary/aromatic N) is 4. The minimum atomic E-state index is -0.221. The zero-order chi connectivity index (χ0) is 20.9. The van der Waals surface area contributed by atoms with Gasteiger partial charge in [0.2, 0.25) is 17.6 Å². The second-order valence-corrected chi connectivity index (χ2v) is 7.55. The summed E-state index contributed by atoms with van der Waals surface area (Å²) in [5.41, 5.74) is 2.69. The van der Waals surface area contributed by atoms with Crippen LogP contribution in [0.4, 0.5) is 10.1 Å². The van der Waals surface area contributed by atoms with Gasteiger partial charge < -0.3 is 14.3 Å². The van der Waals surface area contributed by atoms with Gasteiger partial charge in [0.05, 0.1) is 5.69 Å². The fourth-order valence-electron chi connectivity index (χ4n) is 3.63. The van der Waals surface area contributed by atoms with Gasteiger partial charge in [0.1, 0.15) is 5.82 Å². The fourth-order valence-corrected chi connectivity index (χ4v) is 3.63. The highest BCUT2D eigenvalue weighted by molar-refractivity contribution is 5.76. The van der Waals surface area contributed by atoms with Crippen molar-refractivity contribution in [2.24, 2.45) is 0 Å². The van der Waals surface area contributed by atoms with Crippen LogP contribution in [0.1, 0.15) is 24.3 Å². The second-order valence-electron chi connectivity index (χ2n) is 7.55. The fraction of sp³-hybridized carbons (Fsp3) is 0.348. The van der Waals surface area contributed by atoms with E-state index in [-0.39, 0.29) is 11.7 Å². The third-order valence-corrected chi connectivity index (χ3v) is 5.38. The topological polar surface area (TPSA) is 62.5 Å². The highest BCUT2D eigenvalue weighted by atomic mass is 19.1. The maximum atomic E-state index is 13.9. The van der Waals surface area contributed by atoms with Gasteiger partial charge >= 0.3 is 0 Å². The molecule has 3 aromatic rings. The zero-order valence-corrected chi connectivity index (χ0v) is 17.1. The van der Waals surface area contributed by atoms with Gasteiger partial charge in [-0.15, -0.1) is 0 Å². The summed E-state index contributed by atoms with van der Waals surface area (Å²) in [6.45, 7) is 4.51. The lowest BCUT2D eigenvalue weighted by molar-refractivity contribution is -0.131. The molecule has 1 saturated heterocycles. The van der Waals surface area contributed by atoms with Crippen molar-refractivity contribution in [3.8, 4) is 11.4 Å². The lowest BCUT2D eigenvalue weighted by Gasteiger charge is -2.36. The van der Waals surface area contributed by atoms with Crippen molar-refractivity contribution in [1.82, 2.24) is 15.0 Å². The summed E-state index contributed by atoms with van der Waals surface area (Å²) in [5.74, 6) is 1.01. The largest absolute Gasteiger partial charge is 0.366 e. The molecule has 1 aromatic heterocycles. The first-order valence-electron chi connectivity index (χ1n) is 10.3. The van der Waals surface area contributed by atoms with Gasteiger partial charge in [-0.1, -0.05) is 47.1 Å². The molecular weight excluding hydrogens is 383 g/mol. The molecule has 0 spiro atoms. The van der Waals surface area contributed by atoms with Gasteiger partial charge in [-0.3, -0.25) is 4.79 Å². The molecule has 7 heteroatoms. The van der Waals surface area contributed by atoms with Gasteiger partial charge in [0, 0.05) is 44.6 Å². The number of hydrogen-bond donors (Lipinski definition) is 0. The number of hydrogen-bond acceptors (Lipinski definition) is 5. The normalized spacial score (nSPS) is 14.2. The number of piperazine rings is 1. The first-order valence-corrected chi connectivity index (χ1v) is 10.3. The van der Waals surface area contributed by atoms with Gasteiger partial charge in [-0.05, 0) is 25.5 Å². The van der Waals surface area contributed by atoms with Crippen LogP contribution in [-0.4, -0.2) is 47.1 Å². The van der Waals surface area contributed by atoms with Crippen molar-refractivity contribution >= 4 is 11.6 Å². The van der Waals surface area contributed by atoms with Crippen molar-refractivity contribution in [2.45, 2.75) is 26.2 Å². The summed E-state index contributed by atoms with van der Waals surface area (Å²) in [6, 6.07) is 14.7. The van der Waals surface area contributed by atoms with Gasteiger partial charge in [-0.2, -0.15) is 4.98 Å². The van der Waals surface area contributed by atoms with E-state index >= 15 is 0 Å². The SMILES string of the molecule is Cc1ccc(-c2noc(CCCC(=O)N3CCN(c4ccccc4F)CC3)n2)cc1. The van der Waals surface area contributed by atoms with E-state index in [4.69, 9.17) is 4.52 Å². The Morgan fingerprint density at radius 3 is 2.53 bits per heavy atom. The van der Waals surface area contributed by atoms with Crippen LogP contribution in [0.5, 0.6) is 0 Å². The summed E-state index contributed by atoms with van der Waals surface area (Å²) in [5, 5.41) is 4.03. The predicted octanol–water partition coefficient (Wildman–Crippen LogP) is 3.86. The molecule has 0 bridgehead atoms. The summed E-state index contributed by atoms with van der Waals surface area (Å²) >= 11 is 0. The molecule has 156 valence electrons. The summed E-state index contributed by atoms with van der Waals surface area (Å²) in [6.07, 6.45) is 1.66. The van der Waals surface area contributed by atoms with Crippen molar-refractivity contribution in [3.05, 3.63) is 65.8 Å². The number of anilines is 1. The number of rotatable bonds is 6. The Balaban J connectivity index is 1.23. The Kier molecular flexibility index (Phi) is 6.07. The number of para-hydroxylation sites is 1. The molecule has 1 amide bonds. The smallest absolute Gasteiger partial charge is 0.226 e. The minimum Gasteiger partial charge on any atom is -0.366 e. The van der Waals surface area contributed by atoms with Crippen LogP contribution >= 0.6 is 0 Å². The van der Waals surface area contributed by atoms with Crippen LogP contribution in [0, 0.1) is 12.7 Å². The van der Waals surface area contributed by atoms with Crippen LogP contribution in [0.3, 0.4) is 0 Å². The van der Waals surface area contributed by atoms with Crippen LogP contribution in [-0.2, 0) is 11.2 Å². The maximum absolute atomic E-state index is 13.9. The van der Waals surface area contributed by atoms with Gasteiger partial charge in [0.15, 0.2) is 0 Å². The average Bonchev–Trinajstić information content (AvgIpc) is 3.23. The summed E-state index contributed by atoms with van der Waals surface area (Å²) in [7, 11) is 0. The molecule has 6 nitrogen and oxygen atoms in total. The second kappa shape index (κ2) is 9.07. The molecule has 0 aliphatic carbocycles. The third-order valence-electron chi connectivity index (χ3n) is 5.38. The lowest BCUT2D eigenvalue weighted by atomic mass is 10.1. The average molecular weight is 408 g/mol. The first-order chi connectivity index (χ1) is 14.6. The Morgan fingerprint density at radius 1 is 1.07 bits per heavy atom. The van der Waals surface area contributed by atoms with E-state index in [0.717, 1.165) is 5.56 Å². The molecule has 4 rings (SSSR count). The van der Waals surface area contributed by atoms with E-state index in [0.29, 0.717) is 62.8 Å². The van der Waals surface area contributed by atoms with E-state index < -0.39 is 0 Å². The Hall–Kier alpha value is -3.22. The molecule has 0 saturated carbocycles. The number of halogens is 1. The molecule has 0 atom stereocenters. The number of carbonyl (C=O) groups excluding carboxylic acids is 1. The van der Waals surface area contributed by atoms with Gasteiger partial charge in [-0.25, -0.2) is 4.39 Å². The van der Waals surface area contributed by atoms with Crippen LogP contribution < -0.4 is 4.90 Å². The van der Waals surface area contributed by atoms with E-state index in [1.54, 1.807) is 12.1 Å². The maximum Gasteiger partial charge on any atom is 0.226 e. The monoisotopic (exact) mass is 408 g/mol. The van der Waals surface area contributed by atoms with Gasteiger partial charge in [0.25, 0.3) is 0 Å². The molecular formula is C23H25FN4O2. The number of carbonyl (C=O) groups is 1. The van der Waals surface area contributed by atoms with E-state index in [9.17, 15) is 9.18 Å². The van der Waals surface area contributed by atoms with E-state index in [1.165, 1.54) is 11.6 Å². The molecule has 1 aliphatic rings. The molecule has 2 aromatic carbocycles. The van der Waals surface area contributed by atoms with Crippen molar-refractivity contribution in [1.29, 1.82) is 0 Å². The highest BCUT2D eigenvalue weighted by Crippen LogP contribution is 2.21. The number of amides is 1. The molecule has 2 heterocycles. The Labute approximate surface area is 175 Å². The quantitative estimate of drug-likeness (QED) is 0.620. The number of aryl methyl sites for hydroxylation is 2. The van der Waals surface area contributed by atoms with E-state index in [1.807, 2.05) is 47.1 Å². The van der Waals surface area contributed by atoms with Crippen molar-refractivity contribution < 1.29 is 13.7 Å². The summed E-state index contributed by atoms with van der Waals surface area (Å²) < 4.78 is 19.3. The lowest BCUT2D eigenvalue weighted by Crippen LogP contribution is -2.49. The number of benzene rings is 2. The standard InChI is InChI=1S/C23H25FN4O2/c1-17-9-11-18(12-10-17)23-25-21(30-26-23)7-4-8-22(29)28-15-13-27(14-16-28)20-6-3-2-5-19(20)24/h2-3,5-6,9-12H,4,7-8,13-16H2,1H3. The molecule has 0 unspecified atom stereocenters. The molecule has 0 N–H and O–H groups in total. The Morgan fingerprint density at radius 2 is 1.80 bits per heavy atom. The highest BCUT2D eigenvalue weighted by Gasteiger charge is 2.22. The predicted molar refractivity (Wildman–Crippen MR) is 113 cm³/mol. The Bertz CT molecular complexity index is 994. The minimum absolute atomic E-state index is 0.112. The van der Waals surface area contributed by atoms with E-state index in [2.05, 4.69) is 10.1 Å². The summed E-state index contributed by atoms with van der Waals surface area (Å²) in [4.78, 5) is 20.8. The van der Waals surface area contributed by atoms with Crippen LogP contribution in [0.15, 0.2) is 53.1 Å². The first kappa shape index (κ1) is 20.1. The molecule has 30 heavy (non-hydrogen) atoms. The van der Waals surface area contributed by atoms with Crippen molar-refractivity contribution in [3.63, 3.8) is 0 Å². The third kappa shape index (κ3) is 4.67. The van der Waals surface area contributed by atoms with Crippen molar-refractivity contribution in [2.75, 3.05) is 31.1 Å².